The molecule has 0 saturated heterocycles. The second-order valence-electron chi connectivity index (χ2n) is 5.61. The Hall–Kier alpha value is -1.84. The van der Waals surface area contributed by atoms with E-state index in [4.69, 9.17) is 9.05 Å². The van der Waals surface area contributed by atoms with Crippen LogP contribution in [-0.2, 0) is 13.6 Å². The molecule has 0 saturated carbocycles. The summed E-state index contributed by atoms with van der Waals surface area (Å²) >= 11 is 1.66. The predicted octanol–water partition coefficient (Wildman–Crippen LogP) is 6.25. The average Bonchev–Trinajstić information content (AvgIpc) is 2.69. The molecule has 0 spiro atoms. The molecule has 3 nitrogen and oxygen atoms in total. The zero-order valence-electron chi connectivity index (χ0n) is 14.9. The van der Waals surface area contributed by atoms with Crippen LogP contribution in [0.1, 0.15) is 13.8 Å². The van der Waals surface area contributed by atoms with Gasteiger partial charge >= 0.3 is 7.60 Å². The van der Waals surface area contributed by atoms with Crippen molar-refractivity contribution >= 4 is 24.2 Å². The molecule has 0 N–H and O–H groups in total. The van der Waals surface area contributed by atoms with E-state index in [1.54, 1.807) is 11.3 Å². The third-order valence-electron chi connectivity index (χ3n) is 3.81. The summed E-state index contributed by atoms with van der Waals surface area (Å²) in [4.78, 5) is 2.06. The molecule has 5 heteroatoms. The maximum absolute atomic E-state index is 13.3. The highest BCUT2D eigenvalue weighted by Gasteiger charge is 2.31. The SMILES string of the molecule is CCOP(=O)(OCC)c1cc(-c2ccccc2)[s+]c(-c2ccccc2)c1. The number of rotatable bonds is 7. The van der Waals surface area contributed by atoms with Gasteiger partial charge in [-0.2, -0.15) is 0 Å². The lowest BCUT2D eigenvalue weighted by atomic mass is 10.1. The summed E-state index contributed by atoms with van der Waals surface area (Å²) in [5.41, 5.74) is 2.16. The lowest BCUT2D eigenvalue weighted by molar-refractivity contribution is 0.230. The summed E-state index contributed by atoms with van der Waals surface area (Å²) in [7, 11) is -3.36. The Morgan fingerprint density at radius 2 is 1.19 bits per heavy atom. The fraction of sp³-hybridized carbons (Fsp3) is 0.190. The summed E-state index contributed by atoms with van der Waals surface area (Å²) in [5, 5.41) is 0.595. The Morgan fingerprint density at radius 3 is 1.58 bits per heavy atom. The van der Waals surface area contributed by atoms with Gasteiger partial charge in [0.25, 0.3) is 0 Å². The van der Waals surface area contributed by atoms with Gasteiger partial charge in [-0.05, 0) is 38.1 Å². The largest absolute Gasteiger partial charge is 0.361 e. The maximum Gasteiger partial charge on any atom is 0.361 e. The van der Waals surface area contributed by atoms with Crippen LogP contribution in [0.3, 0.4) is 0 Å². The molecule has 3 aromatic rings. The number of hydrogen-bond acceptors (Lipinski definition) is 3. The van der Waals surface area contributed by atoms with E-state index in [2.05, 4.69) is 24.3 Å². The first kappa shape index (κ1) is 18.9. The minimum Gasteiger partial charge on any atom is -0.305 e. The lowest BCUT2D eigenvalue weighted by Gasteiger charge is -2.16. The van der Waals surface area contributed by atoms with E-state index in [9.17, 15) is 4.57 Å². The smallest absolute Gasteiger partial charge is 0.305 e. The molecular formula is C21H22O3PS+. The van der Waals surface area contributed by atoms with Gasteiger partial charge in [0.05, 0.1) is 18.5 Å². The van der Waals surface area contributed by atoms with Gasteiger partial charge < -0.3 is 9.05 Å². The first-order valence-electron chi connectivity index (χ1n) is 8.65. The van der Waals surface area contributed by atoms with Crippen LogP contribution in [0.25, 0.3) is 20.9 Å². The molecule has 0 aliphatic carbocycles. The van der Waals surface area contributed by atoms with Crippen molar-refractivity contribution in [3.05, 3.63) is 72.8 Å². The zero-order valence-corrected chi connectivity index (χ0v) is 16.6. The monoisotopic (exact) mass is 385 g/mol. The normalized spacial score (nSPS) is 11.5. The van der Waals surface area contributed by atoms with Crippen LogP contribution in [0.5, 0.6) is 0 Å². The van der Waals surface area contributed by atoms with Gasteiger partial charge in [0.1, 0.15) is 0 Å². The molecule has 0 unspecified atom stereocenters. The standard InChI is InChI=1S/C21H22O3PS/c1-3-23-25(22,24-4-2)19-15-20(17-11-7-5-8-12-17)26-21(16-19)18-13-9-6-10-14-18/h5-16H,3-4H2,1-2H3/q+1. The third kappa shape index (κ3) is 4.28. The second-order valence-corrected chi connectivity index (χ2v) is 8.72. The molecule has 0 amide bonds. The minimum absolute atomic E-state index is 0.330. The Labute approximate surface area is 158 Å². The van der Waals surface area contributed by atoms with Gasteiger partial charge in [-0.3, -0.25) is 4.57 Å². The van der Waals surface area contributed by atoms with Crippen molar-refractivity contribution in [2.24, 2.45) is 0 Å². The van der Waals surface area contributed by atoms with Crippen molar-refractivity contribution in [2.45, 2.75) is 13.8 Å². The fourth-order valence-corrected chi connectivity index (χ4v) is 5.58. The van der Waals surface area contributed by atoms with Gasteiger partial charge in [-0.25, -0.2) is 0 Å². The van der Waals surface area contributed by atoms with Crippen molar-refractivity contribution in [1.82, 2.24) is 0 Å². The van der Waals surface area contributed by atoms with Gasteiger partial charge in [-0.15, -0.1) is 0 Å². The van der Waals surface area contributed by atoms with Crippen molar-refractivity contribution < 1.29 is 13.6 Å². The Balaban J connectivity index is 2.19. The maximum atomic E-state index is 13.3. The van der Waals surface area contributed by atoms with Crippen molar-refractivity contribution in [3.63, 3.8) is 0 Å². The molecule has 3 rings (SSSR count). The summed E-state index contributed by atoms with van der Waals surface area (Å²) in [6.45, 7) is 4.31. The summed E-state index contributed by atoms with van der Waals surface area (Å²) in [6, 6.07) is 24.0. The first-order chi connectivity index (χ1) is 12.7. The molecule has 0 bridgehead atoms. The number of hydrogen-bond donors (Lipinski definition) is 0. The highest BCUT2D eigenvalue weighted by Crippen LogP contribution is 2.48. The van der Waals surface area contributed by atoms with E-state index in [0.717, 1.165) is 20.9 Å². The van der Waals surface area contributed by atoms with E-state index in [1.807, 2.05) is 62.4 Å². The summed E-state index contributed by atoms with van der Waals surface area (Å²) in [6.07, 6.45) is 0. The van der Waals surface area contributed by atoms with Crippen molar-refractivity contribution in [3.8, 4) is 20.9 Å². The van der Waals surface area contributed by atoms with Crippen LogP contribution in [0.4, 0.5) is 0 Å². The molecule has 26 heavy (non-hydrogen) atoms. The second kappa shape index (κ2) is 8.70. The summed E-state index contributed by atoms with van der Waals surface area (Å²) in [5.74, 6) is 0. The predicted molar refractivity (Wildman–Crippen MR) is 110 cm³/mol. The van der Waals surface area contributed by atoms with Crippen LogP contribution in [0.2, 0.25) is 0 Å². The Kier molecular flexibility index (Phi) is 6.33. The molecule has 0 fully saturated rings. The van der Waals surface area contributed by atoms with Gasteiger partial charge in [0.15, 0.2) is 0 Å². The highest BCUT2D eigenvalue weighted by molar-refractivity contribution is 7.62. The molecule has 1 aromatic heterocycles. The molecule has 2 aromatic carbocycles. The van der Waals surface area contributed by atoms with E-state index in [-0.39, 0.29) is 0 Å². The zero-order chi connectivity index (χ0) is 18.4. The first-order valence-corrected chi connectivity index (χ1v) is 11.0. The van der Waals surface area contributed by atoms with Crippen LogP contribution in [0.15, 0.2) is 72.8 Å². The van der Waals surface area contributed by atoms with E-state index in [0.29, 0.717) is 18.5 Å². The molecule has 0 atom stereocenters. The lowest BCUT2D eigenvalue weighted by Crippen LogP contribution is -2.11. The molecule has 0 aliphatic heterocycles. The van der Waals surface area contributed by atoms with Crippen LogP contribution in [-0.4, -0.2) is 13.2 Å². The topological polar surface area (TPSA) is 35.5 Å². The highest BCUT2D eigenvalue weighted by atomic mass is 32.1. The van der Waals surface area contributed by atoms with E-state index >= 15 is 0 Å². The summed E-state index contributed by atoms with van der Waals surface area (Å²) < 4.78 is 24.5. The van der Waals surface area contributed by atoms with Gasteiger partial charge in [0.2, 0.25) is 21.1 Å². The Morgan fingerprint density at radius 1 is 0.769 bits per heavy atom. The molecule has 0 radical (unpaired) electrons. The van der Waals surface area contributed by atoms with Gasteiger partial charge in [-0.1, -0.05) is 36.4 Å². The van der Waals surface area contributed by atoms with E-state index < -0.39 is 7.60 Å². The van der Waals surface area contributed by atoms with Crippen LogP contribution >= 0.6 is 18.9 Å². The van der Waals surface area contributed by atoms with E-state index in [1.165, 1.54) is 0 Å². The molecular weight excluding hydrogens is 363 g/mol. The van der Waals surface area contributed by atoms with Crippen molar-refractivity contribution in [1.29, 1.82) is 0 Å². The van der Waals surface area contributed by atoms with Crippen molar-refractivity contribution in [2.75, 3.05) is 13.2 Å². The Bertz CT molecular complexity index is 830. The van der Waals surface area contributed by atoms with Gasteiger partial charge in [0, 0.05) is 23.3 Å². The molecule has 1 heterocycles. The fourth-order valence-electron chi connectivity index (χ4n) is 2.66. The van der Waals surface area contributed by atoms with Crippen LogP contribution in [0, 0.1) is 0 Å². The van der Waals surface area contributed by atoms with Crippen LogP contribution < -0.4 is 5.30 Å². The molecule has 134 valence electrons. The minimum atomic E-state index is -3.36. The quantitative estimate of drug-likeness (QED) is 0.356. The average molecular weight is 385 g/mol. The number of benzene rings is 2. The molecule has 0 aliphatic rings. The third-order valence-corrected chi connectivity index (χ3v) is 7.04.